The topological polar surface area (TPSA) is 63.6 Å². The SMILES string of the molecule is Cc1ccc(S(=O)(=O)OC[C@H](O)CCc2ccccc2)cc1. The highest BCUT2D eigenvalue weighted by atomic mass is 32.2. The Morgan fingerprint density at radius 1 is 1.05 bits per heavy atom. The summed E-state index contributed by atoms with van der Waals surface area (Å²) in [7, 11) is -3.82. The third-order valence-corrected chi connectivity index (χ3v) is 4.63. The Hall–Kier alpha value is -1.69. The number of aliphatic hydroxyl groups is 1. The zero-order valence-electron chi connectivity index (χ0n) is 12.5. The van der Waals surface area contributed by atoms with Crippen LogP contribution in [0.15, 0.2) is 59.5 Å². The van der Waals surface area contributed by atoms with E-state index in [0.717, 1.165) is 11.1 Å². The van der Waals surface area contributed by atoms with Gasteiger partial charge in [0.05, 0.1) is 17.6 Å². The van der Waals surface area contributed by atoms with E-state index in [1.807, 2.05) is 37.3 Å². The van der Waals surface area contributed by atoms with Crippen LogP contribution < -0.4 is 0 Å². The molecule has 118 valence electrons. The van der Waals surface area contributed by atoms with Crippen molar-refractivity contribution in [2.45, 2.75) is 30.8 Å². The van der Waals surface area contributed by atoms with Crippen molar-refractivity contribution in [2.75, 3.05) is 6.61 Å². The second kappa shape index (κ2) is 7.54. The molecule has 4 nitrogen and oxygen atoms in total. The van der Waals surface area contributed by atoms with Gasteiger partial charge in [-0.3, -0.25) is 4.18 Å². The molecule has 0 heterocycles. The zero-order valence-corrected chi connectivity index (χ0v) is 13.3. The van der Waals surface area contributed by atoms with Crippen molar-refractivity contribution in [3.63, 3.8) is 0 Å². The van der Waals surface area contributed by atoms with Crippen LogP contribution in [0.1, 0.15) is 17.5 Å². The van der Waals surface area contributed by atoms with Crippen LogP contribution in [-0.2, 0) is 20.7 Å². The van der Waals surface area contributed by atoms with Crippen molar-refractivity contribution in [3.8, 4) is 0 Å². The third-order valence-electron chi connectivity index (χ3n) is 3.33. The van der Waals surface area contributed by atoms with Crippen molar-refractivity contribution in [1.82, 2.24) is 0 Å². The molecule has 5 heteroatoms. The molecule has 0 fully saturated rings. The van der Waals surface area contributed by atoms with Gasteiger partial charge in [0, 0.05) is 0 Å². The molecular weight excluding hydrogens is 300 g/mol. The van der Waals surface area contributed by atoms with Gasteiger partial charge in [0.15, 0.2) is 0 Å². The number of hydrogen-bond donors (Lipinski definition) is 1. The number of aliphatic hydroxyl groups excluding tert-OH is 1. The molecule has 0 radical (unpaired) electrons. The minimum Gasteiger partial charge on any atom is -0.391 e. The molecule has 0 bridgehead atoms. The number of hydrogen-bond acceptors (Lipinski definition) is 4. The zero-order chi connectivity index (χ0) is 16.0. The normalized spacial score (nSPS) is 13.0. The lowest BCUT2D eigenvalue weighted by Crippen LogP contribution is -2.19. The van der Waals surface area contributed by atoms with E-state index >= 15 is 0 Å². The Kier molecular flexibility index (Phi) is 5.71. The van der Waals surface area contributed by atoms with E-state index in [1.54, 1.807) is 12.1 Å². The van der Waals surface area contributed by atoms with Crippen molar-refractivity contribution in [1.29, 1.82) is 0 Å². The highest BCUT2D eigenvalue weighted by Gasteiger charge is 2.17. The van der Waals surface area contributed by atoms with Gasteiger partial charge in [-0.25, -0.2) is 0 Å². The fraction of sp³-hybridized carbons (Fsp3) is 0.294. The monoisotopic (exact) mass is 320 g/mol. The molecule has 0 saturated heterocycles. The lowest BCUT2D eigenvalue weighted by Gasteiger charge is -2.11. The molecule has 0 unspecified atom stereocenters. The summed E-state index contributed by atoms with van der Waals surface area (Å²) in [4.78, 5) is 0.105. The molecule has 2 rings (SSSR count). The average Bonchev–Trinajstić information content (AvgIpc) is 2.52. The van der Waals surface area contributed by atoms with E-state index in [9.17, 15) is 13.5 Å². The molecule has 0 aliphatic rings. The van der Waals surface area contributed by atoms with E-state index in [1.165, 1.54) is 12.1 Å². The Labute approximate surface area is 131 Å². The van der Waals surface area contributed by atoms with Crippen LogP contribution >= 0.6 is 0 Å². The average molecular weight is 320 g/mol. The molecule has 2 aromatic rings. The molecule has 0 spiro atoms. The van der Waals surface area contributed by atoms with Crippen LogP contribution in [0.2, 0.25) is 0 Å². The number of aryl methyl sites for hydroxylation is 2. The van der Waals surface area contributed by atoms with Crippen molar-refractivity contribution < 1.29 is 17.7 Å². The fourth-order valence-corrected chi connectivity index (χ4v) is 2.94. The maximum absolute atomic E-state index is 12.0. The first-order chi connectivity index (χ1) is 10.5. The molecule has 2 aromatic carbocycles. The summed E-state index contributed by atoms with van der Waals surface area (Å²) in [6.07, 6.45) is 0.309. The Morgan fingerprint density at radius 2 is 1.68 bits per heavy atom. The molecule has 1 N–H and O–H groups in total. The highest BCUT2D eigenvalue weighted by Crippen LogP contribution is 2.14. The summed E-state index contributed by atoms with van der Waals surface area (Å²) >= 11 is 0. The van der Waals surface area contributed by atoms with Gasteiger partial charge < -0.3 is 5.11 Å². The van der Waals surface area contributed by atoms with Gasteiger partial charge in [-0.2, -0.15) is 8.42 Å². The molecule has 0 aromatic heterocycles. The van der Waals surface area contributed by atoms with Gasteiger partial charge in [0.1, 0.15) is 0 Å². The smallest absolute Gasteiger partial charge is 0.297 e. The standard InChI is InChI=1S/C17H20O4S/c1-14-7-11-17(12-8-14)22(19,20)21-13-16(18)10-9-15-5-3-2-4-6-15/h2-8,11-12,16,18H,9-10,13H2,1H3/t16-/m1/s1. The predicted octanol–water partition coefficient (Wildman–Crippen LogP) is 2.69. The third kappa shape index (κ3) is 4.94. The predicted molar refractivity (Wildman–Crippen MR) is 85.1 cm³/mol. The van der Waals surface area contributed by atoms with Gasteiger partial charge in [-0.1, -0.05) is 48.0 Å². The van der Waals surface area contributed by atoms with E-state index in [2.05, 4.69) is 0 Å². The molecule has 0 aliphatic heterocycles. The molecular formula is C17H20O4S. The highest BCUT2D eigenvalue weighted by molar-refractivity contribution is 7.86. The lowest BCUT2D eigenvalue weighted by molar-refractivity contribution is 0.103. The molecule has 0 amide bonds. The first-order valence-corrected chi connectivity index (χ1v) is 8.56. The summed E-state index contributed by atoms with van der Waals surface area (Å²) < 4.78 is 28.9. The first kappa shape index (κ1) is 16.7. The van der Waals surface area contributed by atoms with Crippen LogP contribution in [0.4, 0.5) is 0 Å². The van der Waals surface area contributed by atoms with Crippen molar-refractivity contribution in [3.05, 3.63) is 65.7 Å². The fourth-order valence-electron chi connectivity index (χ4n) is 2.00. The van der Waals surface area contributed by atoms with Gasteiger partial charge in [0.25, 0.3) is 10.1 Å². The van der Waals surface area contributed by atoms with Gasteiger partial charge in [0.2, 0.25) is 0 Å². The quantitative estimate of drug-likeness (QED) is 0.797. The lowest BCUT2D eigenvalue weighted by atomic mass is 10.1. The summed E-state index contributed by atoms with van der Waals surface area (Å²) in [5.41, 5.74) is 2.07. The van der Waals surface area contributed by atoms with E-state index < -0.39 is 16.2 Å². The number of benzene rings is 2. The minimum absolute atomic E-state index is 0.105. The molecule has 0 aliphatic carbocycles. The maximum Gasteiger partial charge on any atom is 0.297 e. The molecule has 0 saturated carbocycles. The van der Waals surface area contributed by atoms with Crippen LogP contribution in [-0.4, -0.2) is 26.2 Å². The first-order valence-electron chi connectivity index (χ1n) is 7.15. The Bertz CT molecular complexity index is 678. The Balaban J connectivity index is 1.85. The maximum atomic E-state index is 12.0. The summed E-state index contributed by atoms with van der Waals surface area (Å²) in [5.74, 6) is 0. The van der Waals surface area contributed by atoms with Crippen molar-refractivity contribution in [2.24, 2.45) is 0 Å². The largest absolute Gasteiger partial charge is 0.391 e. The van der Waals surface area contributed by atoms with Crippen LogP contribution in [0.25, 0.3) is 0 Å². The Morgan fingerprint density at radius 3 is 2.32 bits per heavy atom. The molecule has 1 atom stereocenters. The summed E-state index contributed by atoms with van der Waals surface area (Å²) in [6.45, 7) is 1.65. The van der Waals surface area contributed by atoms with Crippen LogP contribution in [0.3, 0.4) is 0 Å². The number of rotatable bonds is 7. The molecule has 22 heavy (non-hydrogen) atoms. The van der Waals surface area contributed by atoms with Gasteiger partial charge in [-0.15, -0.1) is 0 Å². The van der Waals surface area contributed by atoms with E-state index in [-0.39, 0.29) is 11.5 Å². The van der Waals surface area contributed by atoms with E-state index in [0.29, 0.717) is 12.8 Å². The van der Waals surface area contributed by atoms with Crippen LogP contribution in [0, 0.1) is 6.92 Å². The van der Waals surface area contributed by atoms with Crippen LogP contribution in [0.5, 0.6) is 0 Å². The second-order valence-electron chi connectivity index (χ2n) is 5.23. The van der Waals surface area contributed by atoms with Gasteiger partial charge >= 0.3 is 0 Å². The summed E-state index contributed by atoms with van der Waals surface area (Å²) in [5, 5.41) is 9.88. The summed E-state index contributed by atoms with van der Waals surface area (Å²) in [6, 6.07) is 16.1. The van der Waals surface area contributed by atoms with Crippen molar-refractivity contribution >= 4 is 10.1 Å². The second-order valence-corrected chi connectivity index (χ2v) is 6.85. The van der Waals surface area contributed by atoms with E-state index in [4.69, 9.17) is 4.18 Å². The van der Waals surface area contributed by atoms with Gasteiger partial charge in [-0.05, 0) is 37.5 Å². The minimum atomic E-state index is -3.82.